The smallest absolute Gasteiger partial charge is 0.169 e. The van der Waals surface area contributed by atoms with E-state index >= 15 is 0 Å². The lowest BCUT2D eigenvalue weighted by Gasteiger charge is -2.34. The first kappa shape index (κ1) is 18.1. The number of halogens is 1. The third kappa shape index (κ3) is 4.01. The minimum atomic E-state index is -1.34. The van der Waals surface area contributed by atoms with Crippen molar-refractivity contribution in [2.45, 2.75) is 38.0 Å². The van der Waals surface area contributed by atoms with E-state index in [0.717, 1.165) is 19.1 Å². The third-order valence-electron chi connectivity index (χ3n) is 3.17. The number of nitrogens with two attached hydrogens (primary N) is 1. The van der Waals surface area contributed by atoms with Crippen molar-refractivity contribution in [3.05, 3.63) is 35.4 Å². The van der Waals surface area contributed by atoms with Crippen LogP contribution in [0.5, 0.6) is 0 Å². The molecule has 0 heterocycles. The van der Waals surface area contributed by atoms with E-state index < -0.39 is 11.8 Å². The van der Waals surface area contributed by atoms with Crippen LogP contribution in [0.3, 0.4) is 0 Å². The number of aldehydes is 1. The predicted octanol–water partition coefficient (Wildman–Crippen LogP) is 2.23. The molecule has 0 saturated carbocycles. The largest absolute Gasteiger partial charge is 0.388 e. The quantitative estimate of drug-likeness (QED) is 0.596. The molecule has 0 radical (unpaired) electrons. The van der Waals surface area contributed by atoms with Gasteiger partial charge in [-0.3, -0.25) is 10.5 Å². The van der Waals surface area contributed by atoms with Gasteiger partial charge in [-0.2, -0.15) is 0 Å². The Morgan fingerprint density at radius 1 is 1.47 bits per heavy atom. The maximum atomic E-state index is 11.0. The fraction of sp³-hybridized carbons (Fsp3) is 0.500. The number of rotatable bonds is 7. The summed E-state index contributed by atoms with van der Waals surface area (Å²) in [7, 11) is 1.44. The van der Waals surface area contributed by atoms with Crippen LogP contribution in [-0.2, 0) is 10.5 Å². The van der Waals surface area contributed by atoms with Crippen LogP contribution in [0.1, 0.15) is 42.1 Å². The molecule has 1 aromatic carbocycles. The summed E-state index contributed by atoms with van der Waals surface area (Å²) in [5, 5.41) is 10.2. The molecule has 1 aromatic rings. The first-order valence-corrected chi connectivity index (χ1v) is 6.17. The Kier molecular flexibility index (Phi) is 7.87. The molecule has 0 aliphatic heterocycles. The average Bonchev–Trinajstić information content (AvgIpc) is 2.43. The molecular formula is C14H22ClNO3. The van der Waals surface area contributed by atoms with Gasteiger partial charge in [0.05, 0.1) is 0 Å². The molecule has 0 spiro atoms. The van der Waals surface area contributed by atoms with Gasteiger partial charge in [-0.25, -0.2) is 0 Å². The molecular weight excluding hydrogens is 266 g/mol. The summed E-state index contributed by atoms with van der Waals surface area (Å²) in [5.41, 5.74) is 5.77. The van der Waals surface area contributed by atoms with E-state index in [2.05, 4.69) is 0 Å². The number of aliphatic hydroxyl groups excluding tert-OH is 1. The normalized spacial score (nSPS) is 15.2. The van der Waals surface area contributed by atoms with Crippen LogP contribution in [0.2, 0.25) is 0 Å². The monoisotopic (exact) mass is 287 g/mol. The van der Waals surface area contributed by atoms with Gasteiger partial charge < -0.3 is 9.84 Å². The van der Waals surface area contributed by atoms with Crippen molar-refractivity contribution < 1.29 is 14.6 Å². The van der Waals surface area contributed by atoms with Crippen LogP contribution >= 0.6 is 12.4 Å². The second kappa shape index (κ2) is 8.27. The van der Waals surface area contributed by atoms with Crippen molar-refractivity contribution in [3.63, 3.8) is 0 Å². The van der Waals surface area contributed by atoms with Crippen molar-refractivity contribution in [3.8, 4) is 0 Å². The summed E-state index contributed by atoms with van der Waals surface area (Å²) in [4.78, 5) is 11.0. The SMILES string of the molecule is CCCC[C@@H](O)[C@](N)(OC)c1ccccc1C=O.Cl. The molecule has 19 heavy (non-hydrogen) atoms. The van der Waals surface area contributed by atoms with Crippen molar-refractivity contribution in [2.24, 2.45) is 5.73 Å². The summed E-state index contributed by atoms with van der Waals surface area (Å²) in [5.74, 6) is 0. The van der Waals surface area contributed by atoms with Gasteiger partial charge in [-0.15, -0.1) is 12.4 Å². The van der Waals surface area contributed by atoms with Crippen LogP contribution in [0, 0.1) is 0 Å². The summed E-state index contributed by atoms with van der Waals surface area (Å²) in [6.07, 6.45) is 2.23. The van der Waals surface area contributed by atoms with Crippen LogP contribution < -0.4 is 5.73 Å². The highest BCUT2D eigenvalue weighted by atomic mass is 35.5. The lowest BCUT2D eigenvalue weighted by Crippen LogP contribution is -2.50. The Balaban J connectivity index is 0.00000324. The highest BCUT2D eigenvalue weighted by Gasteiger charge is 2.37. The number of aliphatic hydroxyl groups is 1. The maximum absolute atomic E-state index is 11.0. The molecule has 0 aliphatic rings. The van der Waals surface area contributed by atoms with Gasteiger partial charge in [0.15, 0.2) is 5.72 Å². The fourth-order valence-corrected chi connectivity index (χ4v) is 1.99. The maximum Gasteiger partial charge on any atom is 0.169 e. The second-order valence-electron chi connectivity index (χ2n) is 4.36. The standard InChI is InChI=1S/C14H21NO3.ClH/c1-3-4-9-13(17)14(15,18-2)12-8-6-5-7-11(12)10-16;/h5-8,10,13,17H,3-4,9,15H2,1-2H3;1H/t13-,14-;/m1./s1. The van der Waals surface area contributed by atoms with Gasteiger partial charge in [-0.1, -0.05) is 44.0 Å². The summed E-state index contributed by atoms with van der Waals surface area (Å²) < 4.78 is 5.29. The van der Waals surface area contributed by atoms with Gasteiger partial charge in [0, 0.05) is 18.2 Å². The Hall–Kier alpha value is -0.940. The summed E-state index contributed by atoms with van der Waals surface area (Å²) in [6.45, 7) is 2.04. The van der Waals surface area contributed by atoms with Crippen LogP contribution in [0.25, 0.3) is 0 Å². The molecule has 0 aromatic heterocycles. The van der Waals surface area contributed by atoms with Gasteiger partial charge in [0.1, 0.15) is 12.4 Å². The molecule has 5 heteroatoms. The van der Waals surface area contributed by atoms with E-state index in [1.54, 1.807) is 24.3 Å². The van der Waals surface area contributed by atoms with E-state index in [0.29, 0.717) is 17.5 Å². The summed E-state index contributed by atoms with van der Waals surface area (Å²) >= 11 is 0. The van der Waals surface area contributed by atoms with Crippen LogP contribution in [0.15, 0.2) is 24.3 Å². The number of carbonyl (C=O) groups excluding carboxylic acids is 1. The van der Waals surface area contributed by atoms with Gasteiger partial charge in [-0.05, 0) is 6.42 Å². The minimum Gasteiger partial charge on any atom is -0.388 e. The van der Waals surface area contributed by atoms with Gasteiger partial charge in [0.25, 0.3) is 0 Å². The Labute approximate surface area is 120 Å². The van der Waals surface area contributed by atoms with Gasteiger partial charge >= 0.3 is 0 Å². The number of methoxy groups -OCH3 is 1. The van der Waals surface area contributed by atoms with Gasteiger partial charge in [0.2, 0.25) is 0 Å². The van der Waals surface area contributed by atoms with Crippen molar-refractivity contribution in [2.75, 3.05) is 7.11 Å². The van der Waals surface area contributed by atoms with Crippen molar-refractivity contribution >= 4 is 18.7 Å². The topological polar surface area (TPSA) is 72.6 Å². The average molecular weight is 288 g/mol. The number of hydrogen-bond donors (Lipinski definition) is 2. The van der Waals surface area contributed by atoms with E-state index in [1.807, 2.05) is 6.92 Å². The Morgan fingerprint density at radius 3 is 2.63 bits per heavy atom. The number of unbranched alkanes of at least 4 members (excludes halogenated alkanes) is 1. The van der Waals surface area contributed by atoms with E-state index in [9.17, 15) is 9.90 Å². The number of carbonyl (C=O) groups is 1. The highest BCUT2D eigenvalue weighted by Crippen LogP contribution is 2.28. The summed E-state index contributed by atoms with van der Waals surface area (Å²) in [6, 6.07) is 6.90. The van der Waals surface area contributed by atoms with E-state index in [4.69, 9.17) is 10.5 Å². The van der Waals surface area contributed by atoms with Crippen LogP contribution in [0.4, 0.5) is 0 Å². The first-order valence-electron chi connectivity index (χ1n) is 6.17. The molecule has 0 bridgehead atoms. The van der Waals surface area contributed by atoms with Crippen molar-refractivity contribution in [1.29, 1.82) is 0 Å². The highest BCUT2D eigenvalue weighted by molar-refractivity contribution is 5.85. The first-order chi connectivity index (χ1) is 8.60. The molecule has 0 fully saturated rings. The van der Waals surface area contributed by atoms with E-state index in [-0.39, 0.29) is 12.4 Å². The molecule has 0 unspecified atom stereocenters. The Bertz CT molecular complexity index is 400. The molecule has 0 aliphatic carbocycles. The number of benzene rings is 1. The third-order valence-corrected chi connectivity index (χ3v) is 3.17. The lowest BCUT2D eigenvalue weighted by atomic mass is 9.91. The van der Waals surface area contributed by atoms with E-state index in [1.165, 1.54) is 7.11 Å². The minimum absolute atomic E-state index is 0. The zero-order valence-electron chi connectivity index (χ0n) is 11.3. The van der Waals surface area contributed by atoms with Crippen molar-refractivity contribution in [1.82, 2.24) is 0 Å². The molecule has 0 saturated heterocycles. The molecule has 2 atom stereocenters. The number of ether oxygens (including phenoxy) is 1. The fourth-order valence-electron chi connectivity index (χ4n) is 1.99. The predicted molar refractivity (Wildman–Crippen MR) is 77.5 cm³/mol. The van der Waals surface area contributed by atoms with Crippen LogP contribution in [-0.4, -0.2) is 24.6 Å². The lowest BCUT2D eigenvalue weighted by molar-refractivity contribution is -0.108. The molecule has 3 N–H and O–H groups in total. The molecule has 4 nitrogen and oxygen atoms in total. The molecule has 1 rings (SSSR count). The second-order valence-corrected chi connectivity index (χ2v) is 4.36. The zero-order chi connectivity index (χ0) is 13.6. The molecule has 108 valence electrons. The zero-order valence-corrected chi connectivity index (χ0v) is 12.2. The number of hydrogen-bond acceptors (Lipinski definition) is 4. The molecule has 0 amide bonds. The Morgan fingerprint density at radius 2 is 2.11 bits per heavy atom.